The minimum absolute atomic E-state index is 0.0643. The number of hydrogen-bond donors (Lipinski definition) is 2. The van der Waals surface area contributed by atoms with E-state index >= 15 is 0 Å². The molecule has 1 saturated carbocycles. The fourth-order valence-corrected chi connectivity index (χ4v) is 2.95. The molecule has 1 aromatic heterocycles. The Hall–Kier alpha value is -1.21. The Morgan fingerprint density at radius 2 is 2.05 bits per heavy atom. The first-order valence-corrected chi connectivity index (χ1v) is 7.76. The van der Waals surface area contributed by atoms with E-state index in [0.29, 0.717) is 22.3 Å². The number of nitro groups is 1. The number of nitrogens with one attached hydrogen (secondary N) is 1. The molecule has 0 unspecified atom stereocenters. The van der Waals surface area contributed by atoms with Crippen LogP contribution < -0.4 is 5.32 Å². The van der Waals surface area contributed by atoms with Gasteiger partial charge in [-0.25, -0.2) is 4.98 Å². The molecule has 116 valence electrons. The quantitative estimate of drug-likeness (QED) is 0.635. The number of hydrogen-bond acceptors (Lipinski definition) is 5. The summed E-state index contributed by atoms with van der Waals surface area (Å²) in [5.74, 6) is 0.513. The van der Waals surface area contributed by atoms with Gasteiger partial charge in [-0.15, -0.1) is 0 Å². The fourth-order valence-electron chi connectivity index (χ4n) is 2.47. The molecular weight excluding hydrogens is 338 g/mol. The summed E-state index contributed by atoms with van der Waals surface area (Å²) in [5.41, 5.74) is -0.512. The van der Waals surface area contributed by atoms with Crippen molar-refractivity contribution in [2.75, 3.05) is 11.9 Å². The van der Waals surface area contributed by atoms with Crippen LogP contribution in [0, 0.1) is 15.5 Å². The second-order valence-corrected chi connectivity index (χ2v) is 7.38. The molecule has 1 aromatic rings. The monoisotopic (exact) mass is 357 g/mol. The molecule has 0 radical (unpaired) electrons. The summed E-state index contributed by atoms with van der Waals surface area (Å²) in [5, 5.41) is 24.3. The smallest absolute Gasteiger partial charge is 0.288 e. The van der Waals surface area contributed by atoms with Crippen molar-refractivity contribution in [3.05, 3.63) is 26.9 Å². The first-order valence-electron chi connectivity index (χ1n) is 6.97. The summed E-state index contributed by atoms with van der Waals surface area (Å²) in [6, 6.07) is 1.41. The molecule has 0 atom stereocenters. The molecule has 1 aliphatic carbocycles. The molecule has 6 nitrogen and oxygen atoms in total. The number of aliphatic hydroxyl groups is 1. The third-order valence-electron chi connectivity index (χ3n) is 4.16. The first-order chi connectivity index (χ1) is 9.71. The maximum atomic E-state index is 10.7. The summed E-state index contributed by atoms with van der Waals surface area (Å²) < 4.78 is 0.524. The van der Waals surface area contributed by atoms with Gasteiger partial charge in [0.25, 0.3) is 5.69 Å². The Morgan fingerprint density at radius 1 is 1.43 bits per heavy atom. The van der Waals surface area contributed by atoms with Crippen LogP contribution in [0.25, 0.3) is 0 Å². The third kappa shape index (κ3) is 4.14. The van der Waals surface area contributed by atoms with E-state index in [1.165, 1.54) is 12.3 Å². The van der Waals surface area contributed by atoms with E-state index in [1.807, 2.05) is 0 Å². The molecule has 2 rings (SSSR count). The van der Waals surface area contributed by atoms with E-state index < -0.39 is 10.5 Å². The van der Waals surface area contributed by atoms with E-state index in [1.54, 1.807) is 0 Å². The van der Waals surface area contributed by atoms with Crippen LogP contribution in [0.15, 0.2) is 16.7 Å². The number of nitrogens with zero attached hydrogens (tertiary/aromatic N) is 2. The molecule has 1 aliphatic rings. The van der Waals surface area contributed by atoms with Crippen LogP contribution in [0.3, 0.4) is 0 Å². The van der Waals surface area contributed by atoms with E-state index in [2.05, 4.69) is 40.1 Å². The molecule has 1 heterocycles. The molecule has 7 heteroatoms. The summed E-state index contributed by atoms with van der Waals surface area (Å²) in [6.45, 7) is 4.83. The molecule has 0 aromatic carbocycles. The topological polar surface area (TPSA) is 88.3 Å². The van der Waals surface area contributed by atoms with E-state index in [-0.39, 0.29) is 5.69 Å². The van der Waals surface area contributed by atoms with Gasteiger partial charge in [0.2, 0.25) is 0 Å². The van der Waals surface area contributed by atoms with Gasteiger partial charge >= 0.3 is 0 Å². The van der Waals surface area contributed by atoms with Gasteiger partial charge in [-0.1, -0.05) is 13.8 Å². The van der Waals surface area contributed by atoms with Gasteiger partial charge in [-0.05, 0) is 47.0 Å². The van der Waals surface area contributed by atoms with Crippen molar-refractivity contribution in [1.82, 2.24) is 4.98 Å². The van der Waals surface area contributed by atoms with Crippen LogP contribution in [0.5, 0.6) is 0 Å². The van der Waals surface area contributed by atoms with Gasteiger partial charge in [-0.2, -0.15) is 0 Å². The van der Waals surface area contributed by atoms with Crippen LogP contribution in [-0.2, 0) is 0 Å². The molecule has 0 bridgehead atoms. The van der Waals surface area contributed by atoms with Gasteiger partial charge in [-0.3, -0.25) is 10.1 Å². The lowest BCUT2D eigenvalue weighted by atomic mass is 9.71. The van der Waals surface area contributed by atoms with Gasteiger partial charge in [0.05, 0.1) is 15.0 Å². The average Bonchev–Trinajstić information content (AvgIpc) is 2.41. The van der Waals surface area contributed by atoms with Crippen molar-refractivity contribution in [3.8, 4) is 0 Å². The summed E-state index contributed by atoms with van der Waals surface area (Å²) >= 11 is 3.27. The van der Waals surface area contributed by atoms with Crippen molar-refractivity contribution in [2.45, 2.75) is 45.1 Å². The van der Waals surface area contributed by atoms with Crippen molar-refractivity contribution >= 4 is 27.4 Å². The zero-order chi connectivity index (χ0) is 15.7. The normalized spacial score (nSPS) is 20.0. The summed E-state index contributed by atoms with van der Waals surface area (Å²) in [7, 11) is 0. The van der Waals surface area contributed by atoms with Gasteiger partial charge in [0, 0.05) is 12.6 Å². The highest BCUT2D eigenvalue weighted by molar-refractivity contribution is 9.10. The standard InChI is InChI=1S/C14H20BrN3O3/c1-13(2)3-5-14(19,6-4-13)9-17-12-11(15)7-10(8-16-12)18(20)21/h7-8,19H,3-6,9H2,1-2H3,(H,16,17). The van der Waals surface area contributed by atoms with Crippen molar-refractivity contribution in [3.63, 3.8) is 0 Å². The molecular formula is C14H20BrN3O3. The zero-order valence-corrected chi connectivity index (χ0v) is 13.8. The minimum Gasteiger partial charge on any atom is -0.388 e. The van der Waals surface area contributed by atoms with Crippen LogP contribution in [-0.4, -0.2) is 27.2 Å². The number of rotatable bonds is 4. The van der Waals surface area contributed by atoms with E-state index in [4.69, 9.17) is 0 Å². The zero-order valence-electron chi connectivity index (χ0n) is 12.2. The fraction of sp³-hybridized carbons (Fsp3) is 0.643. The number of anilines is 1. The van der Waals surface area contributed by atoms with Gasteiger partial charge in [0.1, 0.15) is 12.0 Å². The molecule has 0 amide bonds. The van der Waals surface area contributed by atoms with Crippen LogP contribution in [0.1, 0.15) is 39.5 Å². The maximum absolute atomic E-state index is 10.7. The summed E-state index contributed by atoms with van der Waals surface area (Å²) in [4.78, 5) is 14.2. The summed E-state index contributed by atoms with van der Waals surface area (Å²) in [6.07, 6.45) is 4.68. The maximum Gasteiger partial charge on any atom is 0.288 e. The highest BCUT2D eigenvalue weighted by Crippen LogP contribution is 2.40. The third-order valence-corrected chi connectivity index (χ3v) is 4.76. The number of pyridine rings is 1. The highest BCUT2D eigenvalue weighted by Gasteiger charge is 2.36. The lowest BCUT2D eigenvalue weighted by Crippen LogP contribution is -2.42. The SMILES string of the molecule is CC1(C)CCC(O)(CNc2ncc([N+](=O)[O-])cc2Br)CC1. The van der Waals surface area contributed by atoms with Crippen LogP contribution in [0.2, 0.25) is 0 Å². The van der Waals surface area contributed by atoms with E-state index in [0.717, 1.165) is 25.7 Å². The Balaban J connectivity index is 1.98. The van der Waals surface area contributed by atoms with Gasteiger partial charge < -0.3 is 10.4 Å². The highest BCUT2D eigenvalue weighted by atomic mass is 79.9. The second-order valence-electron chi connectivity index (χ2n) is 6.52. The Labute approximate surface area is 132 Å². The first kappa shape index (κ1) is 16.2. The van der Waals surface area contributed by atoms with Crippen LogP contribution in [0.4, 0.5) is 11.5 Å². The lowest BCUT2D eigenvalue weighted by molar-refractivity contribution is -0.385. The molecule has 21 heavy (non-hydrogen) atoms. The molecule has 0 spiro atoms. The van der Waals surface area contributed by atoms with Crippen molar-refractivity contribution < 1.29 is 10.0 Å². The molecule has 0 aliphatic heterocycles. The number of halogens is 1. The van der Waals surface area contributed by atoms with Crippen LogP contribution >= 0.6 is 15.9 Å². The average molecular weight is 358 g/mol. The molecule has 0 saturated heterocycles. The Kier molecular flexibility index (Phi) is 4.53. The van der Waals surface area contributed by atoms with E-state index in [9.17, 15) is 15.2 Å². The minimum atomic E-state index is -0.738. The predicted octanol–water partition coefficient (Wildman–Crippen LogP) is 3.50. The Morgan fingerprint density at radius 3 is 2.57 bits per heavy atom. The second kappa shape index (κ2) is 5.88. The molecule has 1 fully saturated rings. The Bertz CT molecular complexity index is 538. The molecule has 2 N–H and O–H groups in total. The predicted molar refractivity (Wildman–Crippen MR) is 84.3 cm³/mol. The number of aromatic nitrogens is 1. The van der Waals surface area contributed by atoms with Gasteiger partial charge in [0.15, 0.2) is 0 Å². The lowest BCUT2D eigenvalue weighted by Gasteiger charge is -2.40. The van der Waals surface area contributed by atoms with Crippen molar-refractivity contribution in [1.29, 1.82) is 0 Å². The van der Waals surface area contributed by atoms with Crippen molar-refractivity contribution in [2.24, 2.45) is 5.41 Å². The largest absolute Gasteiger partial charge is 0.388 e.